The number of carbonyl (C=O) groups excluding carboxylic acids is 4. The lowest BCUT2D eigenvalue weighted by atomic mass is 9.43. The molecule has 0 aromatic heterocycles. The van der Waals surface area contributed by atoms with Crippen molar-refractivity contribution < 1.29 is 53.1 Å². The Balaban J connectivity index is 1.27. The summed E-state index contributed by atoms with van der Waals surface area (Å²) < 4.78 is 30.5. The first kappa shape index (κ1) is 34.3. The number of esters is 1. The summed E-state index contributed by atoms with van der Waals surface area (Å²) in [6.45, 7) is 1.22. The van der Waals surface area contributed by atoms with Crippen LogP contribution in [0.2, 0.25) is 0 Å². The minimum atomic E-state index is -1.95. The molecule has 1 aromatic carbocycles. The van der Waals surface area contributed by atoms with Gasteiger partial charge in [0.05, 0.1) is 47.1 Å². The predicted molar refractivity (Wildman–Crippen MR) is 171 cm³/mol. The number of methoxy groups -OCH3 is 4. The summed E-state index contributed by atoms with van der Waals surface area (Å²) in [6, 6.07) is 5.42. The van der Waals surface area contributed by atoms with Gasteiger partial charge in [-0.2, -0.15) is 0 Å². The molecular formula is C35H47N3O11. The average Bonchev–Trinajstić information content (AvgIpc) is 3.49. The maximum absolute atomic E-state index is 14.4. The molecule has 5 aliphatic carbocycles. The average molecular weight is 686 g/mol. The van der Waals surface area contributed by atoms with Crippen molar-refractivity contribution in [2.24, 2.45) is 46.2 Å². The SMILES string of the molecule is CO[C@H]1[C@@H]2C[C@@H]3[C@H]1[C@](O)(C[C@@H]2OC)[C@@]1(O)[C@@H](OC)[C@@H]2[C@@]4(COC(=O)c5ccccc5NC(=O)C(C)CC(N)=O)CC[C@H](OC)[C@@]32[C@@H]1NC4=O. The summed E-state index contributed by atoms with van der Waals surface area (Å²) >= 11 is 0. The second kappa shape index (κ2) is 11.7. The molecule has 14 heteroatoms. The highest BCUT2D eigenvalue weighted by Gasteiger charge is 2.92. The molecule has 1 unspecified atom stereocenters. The van der Waals surface area contributed by atoms with Crippen LogP contribution in [0.15, 0.2) is 24.3 Å². The lowest BCUT2D eigenvalue weighted by molar-refractivity contribution is -0.299. The highest BCUT2D eigenvalue weighted by Crippen LogP contribution is 2.79. The Hall–Kier alpha value is -3.14. The van der Waals surface area contributed by atoms with Gasteiger partial charge in [-0.05, 0) is 37.3 Å². The zero-order valence-corrected chi connectivity index (χ0v) is 28.5. The number of fused-ring (bicyclic) bond motifs is 2. The number of amides is 3. The summed E-state index contributed by atoms with van der Waals surface area (Å²) in [6.07, 6.45) is -0.925. The number of aliphatic hydroxyl groups is 2. The fraction of sp³-hybridized carbons (Fsp3) is 0.714. The zero-order chi connectivity index (χ0) is 35.3. The fourth-order valence-corrected chi connectivity index (χ4v) is 11.8. The summed E-state index contributed by atoms with van der Waals surface area (Å²) in [5.74, 6) is -4.48. The Kier molecular flexibility index (Phi) is 8.20. The second-order valence-electron chi connectivity index (χ2n) is 15.1. The van der Waals surface area contributed by atoms with Crippen LogP contribution in [0, 0.1) is 40.4 Å². The Bertz CT molecular complexity index is 1560. The Morgan fingerprint density at radius 3 is 2.47 bits per heavy atom. The van der Waals surface area contributed by atoms with Gasteiger partial charge < -0.3 is 50.3 Å². The molecule has 6 N–H and O–H groups in total. The van der Waals surface area contributed by atoms with Crippen molar-refractivity contribution in [2.45, 2.75) is 80.7 Å². The highest BCUT2D eigenvalue weighted by atomic mass is 16.5. The minimum Gasteiger partial charge on any atom is -0.461 e. The van der Waals surface area contributed by atoms with Gasteiger partial charge in [-0.3, -0.25) is 14.4 Å². The number of piperidine rings is 1. The van der Waals surface area contributed by atoms with Gasteiger partial charge in [0.15, 0.2) is 0 Å². The molecule has 3 amide bonds. The molecule has 49 heavy (non-hydrogen) atoms. The largest absolute Gasteiger partial charge is 0.461 e. The first-order valence-corrected chi connectivity index (χ1v) is 17.0. The lowest BCUT2D eigenvalue weighted by Crippen LogP contribution is -2.82. The van der Waals surface area contributed by atoms with Crippen LogP contribution in [0.3, 0.4) is 0 Å². The predicted octanol–water partition coefficient (Wildman–Crippen LogP) is 0.380. The summed E-state index contributed by atoms with van der Waals surface area (Å²) in [5, 5.41) is 31.8. The Morgan fingerprint density at radius 2 is 1.82 bits per heavy atom. The van der Waals surface area contributed by atoms with E-state index in [1.54, 1.807) is 46.5 Å². The molecule has 1 aliphatic heterocycles. The van der Waals surface area contributed by atoms with Crippen molar-refractivity contribution >= 4 is 29.4 Å². The number of benzene rings is 1. The molecule has 1 spiro atoms. The van der Waals surface area contributed by atoms with Gasteiger partial charge in [0.25, 0.3) is 0 Å². The van der Waals surface area contributed by atoms with Crippen molar-refractivity contribution in [3.05, 3.63) is 29.8 Å². The summed E-state index contributed by atoms with van der Waals surface area (Å²) in [4.78, 5) is 52.4. The van der Waals surface area contributed by atoms with Gasteiger partial charge in [-0.25, -0.2) is 4.79 Å². The molecule has 14 nitrogen and oxygen atoms in total. The van der Waals surface area contributed by atoms with Crippen LogP contribution in [0.4, 0.5) is 5.69 Å². The number of nitrogens with two attached hydrogens (primary N) is 1. The topological polar surface area (TPSA) is 205 Å². The molecule has 6 fully saturated rings. The van der Waals surface area contributed by atoms with Crippen molar-refractivity contribution in [3.8, 4) is 0 Å². The van der Waals surface area contributed by atoms with Gasteiger partial charge >= 0.3 is 5.97 Å². The van der Waals surface area contributed by atoms with E-state index in [1.165, 1.54) is 13.2 Å². The van der Waals surface area contributed by atoms with E-state index in [1.807, 2.05) is 0 Å². The summed E-state index contributed by atoms with van der Waals surface area (Å²) in [7, 11) is 6.32. The number of rotatable bonds is 11. The number of primary amides is 1. The van der Waals surface area contributed by atoms with E-state index < -0.39 is 88.0 Å². The minimum absolute atomic E-state index is 0.0518. The van der Waals surface area contributed by atoms with Gasteiger partial charge in [0.2, 0.25) is 17.7 Å². The number of ether oxygens (including phenoxy) is 5. The summed E-state index contributed by atoms with van der Waals surface area (Å²) in [5.41, 5.74) is -0.397. The van der Waals surface area contributed by atoms with Crippen LogP contribution in [0.25, 0.3) is 0 Å². The molecule has 7 rings (SSSR count). The third kappa shape index (κ3) is 4.21. The van der Waals surface area contributed by atoms with E-state index >= 15 is 0 Å². The molecule has 268 valence electrons. The fourth-order valence-electron chi connectivity index (χ4n) is 11.8. The molecule has 7 bridgehead atoms. The monoisotopic (exact) mass is 685 g/mol. The molecule has 0 radical (unpaired) electrons. The number of hydrogen-bond donors (Lipinski definition) is 5. The Labute approximate surface area is 284 Å². The number of para-hydroxylation sites is 1. The van der Waals surface area contributed by atoms with Crippen molar-refractivity contribution in [1.82, 2.24) is 5.32 Å². The van der Waals surface area contributed by atoms with Gasteiger partial charge in [-0.15, -0.1) is 0 Å². The quantitative estimate of drug-likeness (QED) is 0.202. The lowest BCUT2D eigenvalue weighted by Gasteiger charge is -2.67. The first-order chi connectivity index (χ1) is 23.3. The zero-order valence-electron chi connectivity index (χ0n) is 28.5. The van der Waals surface area contributed by atoms with E-state index in [0.717, 1.165) is 0 Å². The van der Waals surface area contributed by atoms with Gasteiger partial charge in [0.1, 0.15) is 17.8 Å². The van der Waals surface area contributed by atoms with Gasteiger partial charge in [0, 0.05) is 70.4 Å². The molecular weight excluding hydrogens is 638 g/mol. The molecule has 1 heterocycles. The van der Waals surface area contributed by atoms with E-state index in [9.17, 15) is 29.4 Å². The molecule has 5 saturated carbocycles. The maximum Gasteiger partial charge on any atom is 0.340 e. The second-order valence-corrected chi connectivity index (χ2v) is 15.1. The molecule has 1 aromatic rings. The van der Waals surface area contributed by atoms with Crippen molar-refractivity contribution in [1.29, 1.82) is 0 Å². The van der Waals surface area contributed by atoms with Gasteiger partial charge in [-0.1, -0.05) is 19.1 Å². The smallest absolute Gasteiger partial charge is 0.340 e. The van der Waals surface area contributed by atoms with Crippen molar-refractivity contribution in [2.75, 3.05) is 40.4 Å². The Morgan fingerprint density at radius 1 is 1.08 bits per heavy atom. The molecule has 14 atom stereocenters. The van der Waals surface area contributed by atoms with Crippen LogP contribution >= 0.6 is 0 Å². The van der Waals surface area contributed by atoms with Crippen LogP contribution in [-0.2, 0) is 38.1 Å². The van der Waals surface area contributed by atoms with E-state index in [0.29, 0.717) is 12.8 Å². The number of carbonyl (C=O) groups is 4. The third-order valence-corrected chi connectivity index (χ3v) is 13.5. The van der Waals surface area contributed by atoms with Crippen LogP contribution in [-0.4, -0.2) is 111 Å². The van der Waals surface area contributed by atoms with E-state index in [4.69, 9.17) is 29.4 Å². The third-order valence-electron chi connectivity index (χ3n) is 13.5. The normalized spacial score (nSPS) is 44.6. The van der Waals surface area contributed by atoms with Crippen LogP contribution in [0.1, 0.15) is 49.4 Å². The standard InChI is InChI=1S/C35H47N3O11/c1-16(12-23(36)39)28(40)37-20-9-7-6-8-17(20)29(41)49-15-32-11-10-22(46-3)34-19-13-18-21(45-2)14-33(43,24(19)25(18)47-4)35(44,27(48-5)26(32)34)30(34)38-31(32)42/h6-9,16,18-19,21-22,24-27,30,43-44H,10-15H2,1-5H3,(H2,36,39)(H,37,40)(H,38,42)/t16?,18-,19-,21+,22+,24-,25+,26-,27+,30+,32+,33-,34+,35-/m1/s1. The number of nitrogens with one attached hydrogen (secondary N) is 2. The first-order valence-electron chi connectivity index (χ1n) is 17.0. The number of hydrogen-bond acceptors (Lipinski definition) is 11. The van der Waals surface area contributed by atoms with Crippen molar-refractivity contribution in [3.63, 3.8) is 0 Å². The highest BCUT2D eigenvalue weighted by molar-refractivity contribution is 6.02. The molecule has 1 saturated heterocycles. The van der Waals surface area contributed by atoms with E-state index in [2.05, 4.69) is 10.6 Å². The molecule has 6 aliphatic rings. The van der Waals surface area contributed by atoms with Crippen LogP contribution in [0.5, 0.6) is 0 Å². The van der Waals surface area contributed by atoms with E-state index in [-0.39, 0.29) is 54.9 Å². The number of anilines is 1. The van der Waals surface area contributed by atoms with Crippen LogP contribution < -0.4 is 16.4 Å². The maximum atomic E-state index is 14.4.